The maximum atomic E-state index is 11.8. The first kappa shape index (κ1) is 15.2. The van der Waals surface area contributed by atoms with Gasteiger partial charge in [-0.2, -0.15) is 0 Å². The Morgan fingerprint density at radius 3 is 2.74 bits per heavy atom. The van der Waals surface area contributed by atoms with Crippen molar-refractivity contribution in [1.29, 1.82) is 0 Å². The predicted molar refractivity (Wildman–Crippen MR) is 90.3 cm³/mol. The number of aromatic nitrogens is 1. The number of likely N-dealkylation sites (N-methyl/N-ethyl adjacent to an activating group) is 1. The highest BCUT2D eigenvalue weighted by molar-refractivity contribution is 6.01. The zero-order valence-electron chi connectivity index (χ0n) is 13.5. The third-order valence-electron chi connectivity index (χ3n) is 4.03. The van der Waals surface area contributed by atoms with Gasteiger partial charge in [0.2, 0.25) is 11.8 Å². The van der Waals surface area contributed by atoms with Crippen molar-refractivity contribution in [2.24, 2.45) is 5.92 Å². The summed E-state index contributed by atoms with van der Waals surface area (Å²) in [6.07, 6.45) is 3.84. The summed E-state index contributed by atoms with van der Waals surface area (Å²) < 4.78 is 0. The predicted octanol–water partition coefficient (Wildman–Crippen LogP) is 2.86. The molecule has 1 aliphatic heterocycles. The lowest BCUT2D eigenvalue weighted by atomic mass is 10.0. The summed E-state index contributed by atoms with van der Waals surface area (Å²) in [5.74, 6) is -0.0187. The third-order valence-corrected chi connectivity index (χ3v) is 4.03. The molecule has 1 aliphatic rings. The molecule has 1 aromatic heterocycles. The lowest BCUT2D eigenvalue weighted by Gasteiger charge is -2.12. The number of nitrogens with zero attached hydrogens (tertiary/aromatic N) is 2. The molecule has 118 valence electrons. The molecular weight excluding hydrogens is 290 g/mol. The number of carbonyl (C=O) groups excluding carboxylic acids is 2. The van der Waals surface area contributed by atoms with Crippen LogP contribution in [0.15, 0.2) is 36.7 Å². The van der Waals surface area contributed by atoms with E-state index in [9.17, 15) is 9.59 Å². The van der Waals surface area contributed by atoms with Crippen molar-refractivity contribution in [3.05, 3.63) is 42.2 Å². The van der Waals surface area contributed by atoms with E-state index in [0.29, 0.717) is 12.1 Å². The fourth-order valence-electron chi connectivity index (χ4n) is 2.57. The molecule has 0 fully saturated rings. The average Bonchev–Trinajstić information content (AvgIpc) is 2.82. The number of hydrogen-bond acceptors (Lipinski definition) is 3. The van der Waals surface area contributed by atoms with Crippen LogP contribution in [0.5, 0.6) is 0 Å². The number of nitrogens with one attached hydrogen (secondary N) is 1. The van der Waals surface area contributed by atoms with Crippen molar-refractivity contribution in [2.75, 3.05) is 17.3 Å². The smallest absolute Gasteiger partial charge is 0.231 e. The van der Waals surface area contributed by atoms with Gasteiger partial charge in [0, 0.05) is 30.4 Å². The van der Waals surface area contributed by atoms with E-state index < -0.39 is 0 Å². The Morgan fingerprint density at radius 1 is 1.22 bits per heavy atom. The van der Waals surface area contributed by atoms with E-state index in [1.165, 1.54) is 0 Å². The second-order valence-corrected chi connectivity index (χ2v) is 6.08. The van der Waals surface area contributed by atoms with Gasteiger partial charge < -0.3 is 10.2 Å². The second-order valence-electron chi connectivity index (χ2n) is 6.08. The number of benzene rings is 1. The van der Waals surface area contributed by atoms with Crippen LogP contribution < -0.4 is 10.2 Å². The van der Waals surface area contributed by atoms with Crippen molar-refractivity contribution < 1.29 is 9.59 Å². The van der Waals surface area contributed by atoms with Gasteiger partial charge in [0.05, 0.1) is 18.3 Å². The summed E-state index contributed by atoms with van der Waals surface area (Å²) in [6.45, 7) is 3.69. The van der Waals surface area contributed by atoms with Crippen molar-refractivity contribution >= 4 is 23.2 Å². The lowest BCUT2D eigenvalue weighted by molar-refractivity contribution is -0.119. The molecule has 0 bridgehead atoms. The molecule has 0 unspecified atom stereocenters. The van der Waals surface area contributed by atoms with Crippen LogP contribution in [0.2, 0.25) is 0 Å². The van der Waals surface area contributed by atoms with Gasteiger partial charge in [0.15, 0.2) is 0 Å². The maximum Gasteiger partial charge on any atom is 0.231 e. The number of carbonyl (C=O) groups is 2. The van der Waals surface area contributed by atoms with Gasteiger partial charge in [0.1, 0.15) is 0 Å². The summed E-state index contributed by atoms with van der Waals surface area (Å²) >= 11 is 0. The Kier molecular flexibility index (Phi) is 3.86. The molecule has 23 heavy (non-hydrogen) atoms. The summed E-state index contributed by atoms with van der Waals surface area (Å²) in [7, 11) is 1.79. The monoisotopic (exact) mass is 309 g/mol. The molecule has 1 N–H and O–H groups in total. The molecule has 2 heterocycles. The molecule has 5 heteroatoms. The molecule has 0 aliphatic carbocycles. The number of anilines is 2. The van der Waals surface area contributed by atoms with Gasteiger partial charge in [-0.05, 0) is 23.3 Å². The van der Waals surface area contributed by atoms with Crippen LogP contribution in [-0.2, 0) is 16.0 Å². The average molecular weight is 309 g/mol. The molecule has 5 nitrogen and oxygen atoms in total. The van der Waals surface area contributed by atoms with Crippen LogP contribution in [0.3, 0.4) is 0 Å². The van der Waals surface area contributed by atoms with Crippen LogP contribution >= 0.6 is 0 Å². The molecule has 2 amide bonds. The van der Waals surface area contributed by atoms with E-state index in [1.54, 1.807) is 24.3 Å². The molecule has 0 spiro atoms. The van der Waals surface area contributed by atoms with Gasteiger partial charge in [-0.3, -0.25) is 14.6 Å². The van der Waals surface area contributed by atoms with Gasteiger partial charge in [-0.15, -0.1) is 0 Å². The molecular formula is C18H19N3O2. The normalized spacial score (nSPS) is 13.4. The van der Waals surface area contributed by atoms with Gasteiger partial charge in [-0.1, -0.05) is 26.0 Å². The van der Waals surface area contributed by atoms with E-state index in [1.807, 2.05) is 38.1 Å². The van der Waals surface area contributed by atoms with E-state index in [4.69, 9.17) is 0 Å². The van der Waals surface area contributed by atoms with Crippen molar-refractivity contribution in [3.63, 3.8) is 0 Å². The Labute approximate surface area is 135 Å². The van der Waals surface area contributed by atoms with Gasteiger partial charge >= 0.3 is 0 Å². The summed E-state index contributed by atoms with van der Waals surface area (Å²) in [6, 6.07) is 7.85. The molecule has 1 aromatic carbocycles. The van der Waals surface area contributed by atoms with Gasteiger partial charge in [0.25, 0.3) is 0 Å². The quantitative estimate of drug-likeness (QED) is 0.948. The van der Waals surface area contributed by atoms with E-state index in [2.05, 4.69) is 10.3 Å². The van der Waals surface area contributed by atoms with Crippen molar-refractivity contribution in [3.8, 4) is 11.1 Å². The first-order chi connectivity index (χ1) is 11.0. The minimum absolute atomic E-state index is 0.0387. The SMILES string of the molecule is CC(C)C(=O)Nc1cncc(-c2ccc3c(c2)N(C)C(=O)C3)c1. The van der Waals surface area contributed by atoms with Gasteiger partial charge in [-0.25, -0.2) is 0 Å². The highest BCUT2D eigenvalue weighted by Crippen LogP contribution is 2.32. The molecule has 0 saturated heterocycles. The summed E-state index contributed by atoms with van der Waals surface area (Å²) in [5, 5.41) is 2.85. The number of fused-ring (bicyclic) bond motifs is 1. The van der Waals surface area contributed by atoms with Crippen LogP contribution in [0.1, 0.15) is 19.4 Å². The Morgan fingerprint density at radius 2 is 2.00 bits per heavy atom. The standard InChI is InChI=1S/C18H19N3O2/c1-11(2)18(23)20-15-6-14(9-19-10-15)12-4-5-13-8-17(22)21(3)16(13)7-12/h4-7,9-11H,8H2,1-3H3,(H,20,23). The molecule has 2 aromatic rings. The summed E-state index contributed by atoms with van der Waals surface area (Å²) in [4.78, 5) is 29.5. The third kappa shape index (κ3) is 2.95. The zero-order valence-corrected chi connectivity index (χ0v) is 13.5. The highest BCUT2D eigenvalue weighted by atomic mass is 16.2. The fraction of sp³-hybridized carbons (Fsp3) is 0.278. The Balaban J connectivity index is 1.91. The van der Waals surface area contributed by atoms with Crippen LogP contribution in [0.25, 0.3) is 11.1 Å². The van der Waals surface area contributed by atoms with Crippen LogP contribution in [-0.4, -0.2) is 23.8 Å². The summed E-state index contributed by atoms with van der Waals surface area (Å²) in [5.41, 5.74) is 4.52. The maximum absolute atomic E-state index is 11.8. The first-order valence-electron chi connectivity index (χ1n) is 7.61. The van der Waals surface area contributed by atoms with E-state index in [-0.39, 0.29) is 17.7 Å². The fourth-order valence-corrected chi connectivity index (χ4v) is 2.57. The number of pyridine rings is 1. The topological polar surface area (TPSA) is 62.3 Å². The lowest BCUT2D eigenvalue weighted by Crippen LogP contribution is -2.20. The number of hydrogen-bond donors (Lipinski definition) is 1. The zero-order chi connectivity index (χ0) is 16.6. The Hall–Kier alpha value is -2.69. The van der Waals surface area contributed by atoms with E-state index >= 15 is 0 Å². The van der Waals surface area contributed by atoms with Crippen LogP contribution in [0, 0.1) is 5.92 Å². The van der Waals surface area contributed by atoms with Crippen molar-refractivity contribution in [1.82, 2.24) is 4.98 Å². The molecule has 3 rings (SSSR count). The molecule has 0 radical (unpaired) electrons. The largest absolute Gasteiger partial charge is 0.324 e. The minimum Gasteiger partial charge on any atom is -0.324 e. The number of amides is 2. The Bertz CT molecular complexity index is 784. The van der Waals surface area contributed by atoms with Crippen molar-refractivity contribution in [2.45, 2.75) is 20.3 Å². The second kappa shape index (κ2) is 5.83. The first-order valence-corrected chi connectivity index (χ1v) is 7.61. The molecule has 0 atom stereocenters. The molecule has 0 saturated carbocycles. The van der Waals surface area contributed by atoms with Crippen LogP contribution in [0.4, 0.5) is 11.4 Å². The highest BCUT2D eigenvalue weighted by Gasteiger charge is 2.24. The number of rotatable bonds is 3. The van der Waals surface area contributed by atoms with E-state index in [0.717, 1.165) is 22.4 Å². The minimum atomic E-state index is -0.0849.